The number of rotatable bonds is 14. The van der Waals surface area contributed by atoms with Crippen molar-refractivity contribution < 1.29 is 33.6 Å². The summed E-state index contributed by atoms with van der Waals surface area (Å²) in [5.74, 6) is -0.101. The number of alkyl halides is 1. The first kappa shape index (κ1) is 39.3. The maximum absolute atomic E-state index is 13.3. The molecule has 1 aliphatic rings. The first-order valence-electron chi connectivity index (χ1n) is 17.4. The number of benzene rings is 3. The monoisotopic (exact) mass is 752 g/mol. The van der Waals surface area contributed by atoms with Crippen LogP contribution in [0.3, 0.4) is 0 Å². The fourth-order valence-electron chi connectivity index (χ4n) is 6.47. The number of carbonyl (C=O) groups excluding carboxylic acids is 2. The number of aryl methyl sites for hydroxylation is 1. The molecule has 50 heavy (non-hydrogen) atoms. The second-order valence-corrected chi connectivity index (χ2v) is 14.9. The summed E-state index contributed by atoms with van der Waals surface area (Å²) in [5, 5.41) is 16.0. The van der Waals surface area contributed by atoms with E-state index in [1.807, 2.05) is 57.2 Å². The van der Waals surface area contributed by atoms with E-state index in [1.54, 1.807) is 12.0 Å². The van der Waals surface area contributed by atoms with Crippen molar-refractivity contribution in [3.05, 3.63) is 94.5 Å². The summed E-state index contributed by atoms with van der Waals surface area (Å²) in [7, 11) is 1.69. The zero-order valence-electron chi connectivity index (χ0n) is 30.3. The number of alkyl carbamates (subject to hydrolysis) is 1. The van der Waals surface area contributed by atoms with Gasteiger partial charge in [-0.25, -0.2) is 9.59 Å². The fourth-order valence-corrected chi connectivity index (χ4v) is 6.63. The highest BCUT2D eigenvalue weighted by molar-refractivity contribution is 9.09. The van der Waals surface area contributed by atoms with E-state index in [1.165, 1.54) is 0 Å². The van der Waals surface area contributed by atoms with E-state index in [-0.39, 0.29) is 6.09 Å². The average Bonchev–Trinajstić information content (AvgIpc) is 3.07. The van der Waals surface area contributed by atoms with E-state index in [9.17, 15) is 14.7 Å². The summed E-state index contributed by atoms with van der Waals surface area (Å²) in [6.45, 7) is 12.9. The molecule has 0 radical (unpaired) electrons. The quantitative estimate of drug-likeness (QED) is 0.162. The normalized spacial score (nSPS) is 18.4. The minimum absolute atomic E-state index is 0.302. The Balaban J connectivity index is 1.60. The highest BCUT2D eigenvalue weighted by atomic mass is 79.9. The largest absolute Gasteiger partial charge is 0.449 e. The van der Waals surface area contributed by atoms with Crippen LogP contribution in [-0.2, 0) is 37.6 Å². The van der Waals surface area contributed by atoms with Crippen molar-refractivity contribution in [2.45, 2.75) is 71.2 Å². The lowest BCUT2D eigenvalue weighted by atomic mass is 9.71. The Morgan fingerprint density at radius 3 is 2.50 bits per heavy atom. The molecule has 2 amide bonds. The van der Waals surface area contributed by atoms with Crippen LogP contribution < -0.4 is 5.32 Å². The van der Waals surface area contributed by atoms with Gasteiger partial charge in [0.15, 0.2) is 0 Å². The van der Waals surface area contributed by atoms with Gasteiger partial charge < -0.3 is 34.3 Å². The molecule has 272 valence electrons. The number of hydrogen-bond acceptors (Lipinski definition) is 7. The molecule has 3 atom stereocenters. The van der Waals surface area contributed by atoms with Crippen LogP contribution in [0.2, 0.25) is 0 Å². The van der Waals surface area contributed by atoms with E-state index < -0.39 is 23.2 Å². The van der Waals surface area contributed by atoms with Crippen LogP contribution in [0.15, 0.2) is 66.7 Å². The SMILES string of the molecule is COC[C@H](C)COCc1ccc([C@@]2(O)CCN(C(=O)OC(C)(C)C)C[C@@H]2c2ccc(-c3ccccc3CCNC(=O)OCCBr)cc2C)cc1. The molecule has 2 N–H and O–H groups in total. The van der Waals surface area contributed by atoms with E-state index in [0.29, 0.717) is 70.2 Å². The van der Waals surface area contributed by atoms with Gasteiger partial charge in [-0.1, -0.05) is 89.6 Å². The maximum Gasteiger partial charge on any atom is 0.410 e. The number of hydrogen-bond donors (Lipinski definition) is 2. The van der Waals surface area contributed by atoms with Gasteiger partial charge in [-0.3, -0.25) is 0 Å². The van der Waals surface area contributed by atoms with Crippen molar-refractivity contribution in [3.63, 3.8) is 0 Å². The van der Waals surface area contributed by atoms with Crippen molar-refractivity contribution in [1.29, 1.82) is 0 Å². The Morgan fingerprint density at radius 1 is 1.08 bits per heavy atom. The van der Waals surface area contributed by atoms with E-state index in [4.69, 9.17) is 18.9 Å². The number of aliphatic hydroxyl groups is 1. The second-order valence-electron chi connectivity index (χ2n) is 14.2. The molecule has 0 saturated carbocycles. The minimum Gasteiger partial charge on any atom is -0.449 e. The summed E-state index contributed by atoms with van der Waals surface area (Å²) < 4.78 is 22.0. The molecule has 1 fully saturated rings. The number of ether oxygens (including phenoxy) is 4. The van der Waals surface area contributed by atoms with Crippen molar-refractivity contribution in [3.8, 4) is 11.1 Å². The lowest BCUT2D eigenvalue weighted by Crippen LogP contribution is -2.51. The van der Waals surface area contributed by atoms with Gasteiger partial charge in [0.2, 0.25) is 0 Å². The van der Waals surface area contributed by atoms with Crippen LogP contribution in [0.1, 0.15) is 67.9 Å². The van der Waals surface area contributed by atoms with Gasteiger partial charge in [0.25, 0.3) is 0 Å². The average molecular weight is 754 g/mol. The third-order valence-electron chi connectivity index (χ3n) is 8.92. The lowest BCUT2D eigenvalue weighted by molar-refractivity contribution is -0.0529. The number of methoxy groups -OCH3 is 1. The van der Waals surface area contributed by atoms with Crippen LogP contribution in [0.25, 0.3) is 11.1 Å². The van der Waals surface area contributed by atoms with Crippen molar-refractivity contribution in [1.82, 2.24) is 10.2 Å². The summed E-state index contributed by atoms with van der Waals surface area (Å²) >= 11 is 3.26. The molecular formula is C40H53BrN2O7. The zero-order valence-corrected chi connectivity index (χ0v) is 31.9. The Kier molecular flexibility index (Phi) is 14.3. The molecule has 3 aromatic rings. The van der Waals surface area contributed by atoms with E-state index in [0.717, 1.165) is 38.9 Å². The molecule has 10 heteroatoms. The number of halogens is 1. The molecule has 1 aliphatic heterocycles. The minimum atomic E-state index is -1.22. The Labute approximate surface area is 305 Å². The Morgan fingerprint density at radius 2 is 1.82 bits per heavy atom. The van der Waals surface area contributed by atoms with Gasteiger partial charge in [-0.05, 0) is 79.5 Å². The van der Waals surface area contributed by atoms with Crippen molar-refractivity contribution in [2.75, 3.05) is 51.9 Å². The summed E-state index contributed by atoms with van der Waals surface area (Å²) in [4.78, 5) is 26.9. The molecule has 9 nitrogen and oxygen atoms in total. The summed E-state index contributed by atoms with van der Waals surface area (Å²) in [5.41, 5.74) is 5.17. The molecule has 4 rings (SSSR count). The number of amides is 2. The molecular weight excluding hydrogens is 700 g/mol. The van der Waals surface area contributed by atoms with Crippen molar-refractivity contribution >= 4 is 28.1 Å². The van der Waals surface area contributed by atoms with Crippen LogP contribution in [0.4, 0.5) is 9.59 Å². The number of nitrogens with zero attached hydrogens (tertiary/aromatic N) is 1. The maximum atomic E-state index is 13.3. The van der Waals surface area contributed by atoms with Gasteiger partial charge in [-0.2, -0.15) is 0 Å². The van der Waals surface area contributed by atoms with E-state index in [2.05, 4.69) is 65.4 Å². The molecule has 0 spiro atoms. The molecule has 0 unspecified atom stereocenters. The fraction of sp³-hybridized carbons (Fsp3) is 0.500. The molecule has 0 aromatic heterocycles. The highest BCUT2D eigenvalue weighted by Gasteiger charge is 2.46. The lowest BCUT2D eigenvalue weighted by Gasteiger charge is -2.45. The first-order chi connectivity index (χ1) is 23.8. The predicted octanol–water partition coefficient (Wildman–Crippen LogP) is 7.74. The van der Waals surface area contributed by atoms with Gasteiger partial charge in [0.1, 0.15) is 12.2 Å². The number of likely N-dealkylation sites (tertiary alicyclic amines) is 1. The molecule has 1 saturated heterocycles. The predicted molar refractivity (Wildman–Crippen MR) is 200 cm³/mol. The molecule has 0 bridgehead atoms. The Hall–Kier alpha value is -3.44. The Bertz CT molecular complexity index is 1560. The summed E-state index contributed by atoms with van der Waals surface area (Å²) in [6.07, 6.45) is 0.183. The molecule has 1 heterocycles. The first-order valence-corrected chi connectivity index (χ1v) is 18.5. The topological polar surface area (TPSA) is 107 Å². The molecule has 0 aliphatic carbocycles. The van der Waals surface area contributed by atoms with Gasteiger partial charge in [0, 0.05) is 43.9 Å². The van der Waals surface area contributed by atoms with Gasteiger partial charge in [-0.15, -0.1) is 0 Å². The third kappa shape index (κ3) is 10.8. The van der Waals surface area contributed by atoms with Crippen molar-refractivity contribution in [2.24, 2.45) is 5.92 Å². The molecule has 3 aromatic carbocycles. The standard InChI is InChI=1S/C40H53BrN2O7/c1-28(25-47-6)26-48-27-30-11-14-33(15-12-30)40(46)18-21-43(38(45)50-39(3,4)5)24-36(40)34-16-13-32(23-29(34)2)35-10-8-7-9-31(35)17-20-42-37(44)49-22-19-41/h7-16,23,28,36,46H,17-22,24-27H2,1-6H3,(H,42,44)/t28-,36+,40-/m0/s1. The van der Waals surface area contributed by atoms with Gasteiger partial charge >= 0.3 is 12.2 Å². The van der Waals surface area contributed by atoms with Crippen LogP contribution in [0.5, 0.6) is 0 Å². The number of nitrogens with one attached hydrogen (secondary N) is 1. The van der Waals surface area contributed by atoms with Gasteiger partial charge in [0.05, 0.1) is 25.4 Å². The number of piperidine rings is 1. The second kappa shape index (κ2) is 18.2. The third-order valence-corrected chi connectivity index (χ3v) is 9.24. The summed E-state index contributed by atoms with van der Waals surface area (Å²) in [6, 6.07) is 22.4. The van der Waals surface area contributed by atoms with E-state index >= 15 is 0 Å². The van der Waals surface area contributed by atoms with Crippen LogP contribution in [0, 0.1) is 12.8 Å². The number of carbonyl (C=O) groups is 2. The van der Waals surface area contributed by atoms with Crippen LogP contribution >= 0.6 is 15.9 Å². The zero-order chi connectivity index (χ0) is 36.3. The smallest absolute Gasteiger partial charge is 0.410 e. The highest BCUT2D eigenvalue weighted by Crippen LogP contribution is 2.45. The van der Waals surface area contributed by atoms with Crippen LogP contribution in [-0.4, -0.2) is 79.7 Å².